The van der Waals surface area contributed by atoms with E-state index in [9.17, 15) is 18.4 Å². The Labute approximate surface area is 172 Å². The Kier molecular flexibility index (Phi) is 6.64. The number of amides is 1. The molecule has 0 aromatic heterocycles. The lowest BCUT2D eigenvalue weighted by Crippen LogP contribution is -2.23. The van der Waals surface area contributed by atoms with Gasteiger partial charge in [0.25, 0.3) is 5.91 Å². The second-order valence-corrected chi connectivity index (χ2v) is 7.78. The largest absolute Gasteiger partial charge is 0.460 e. The first kappa shape index (κ1) is 22.4. The fraction of sp³-hybridized carbons (Fsp3) is 0.238. The number of anilines is 2. The van der Waals surface area contributed by atoms with Gasteiger partial charge in [0.15, 0.2) is 0 Å². The van der Waals surface area contributed by atoms with Crippen LogP contribution in [0.15, 0.2) is 36.9 Å². The zero-order valence-corrected chi connectivity index (χ0v) is 17.0. The van der Waals surface area contributed by atoms with Crippen molar-refractivity contribution in [2.45, 2.75) is 32.8 Å². The molecule has 2 aromatic carbocycles. The number of rotatable bonds is 5. The topological polar surface area (TPSA) is 81.4 Å². The molecule has 5 nitrogen and oxygen atoms in total. The summed E-state index contributed by atoms with van der Waals surface area (Å²) in [5.74, 6) is -3.25. The zero-order chi connectivity index (χ0) is 21.9. The van der Waals surface area contributed by atoms with Crippen molar-refractivity contribution >= 4 is 40.4 Å². The fourth-order valence-corrected chi connectivity index (χ4v) is 2.67. The monoisotopic (exact) mass is 422 g/mol. The molecule has 2 rings (SSSR count). The van der Waals surface area contributed by atoms with Crippen molar-refractivity contribution in [2.75, 3.05) is 11.1 Å². The fourth-order valence-electron chi connectivity index (χ4n) is 2.47. The van der Waals surface area contributed by atoms with Gasteiger partial charge in [0.2, 0.25) is 0 Å². The average molecular weight is 423 g/mol. The van der Waals surface area contributed by atoms with Gasteiger partial charge < -0.3 is 15.8 Å². The van der Waals surface area contributed by atoms with Crippen molar-refractivity contribution in [1.29, 1.82) is 0 Å². The van der Waals surface area contributed by atoms with Gasteiger partial charge in [-0.2, -0.15) is 0 Å². The molecule has 0 fully saturated rings. The van der Waals surface area contributed by atoms with Crippen LogP contribution in [0.2, 0.25) is 5.02 Å². The number of hydrogen-bond donors (Lipinski definition) is 2. The lowest BCUT2D eigenvalue weighted by atomic mass is 10.0. The summed E-state index contributed by atoms with van der Waals surface area (Å²) in [4.78, 5) is 24.4. The maximum absolute atomic E-state index is 14.2. The Morgan fingerprint density at radius 2 is 1.79 bits per heavy atom. The predicted octanol–water partition coefficient (Wildman–Crippen LogP) is 5.20. The minimum Gasteiger partial charge on any atom is -0.460 e. The third kappa shape index (κ3) is 6.02. The summed E-state index contributed by atoms with van der Waals surface area (Å²) in [6, 6.07) is 5.94. The highest BCUT2D eigenvalue weighted by Crippen LogP contribution is 2.28. The van der Waals surface area contributed by atoms with Crippen LogP contribution < -0.4 is 11.1 Å². The first-order valence-corrected chi connectivity index (χ1v) is 9.00. The molecule has 0 atom stereocenters. The first-order valence-electron chi connectivity index (χ1n) is 8.63. The van der Waals surface area contributed by atoms with Crippen molar-refractivity contribution in [3.05, 3.63) is 64.7 Å². The van der Waals surface area contributed by atoms with Crippen molar-refractivity contribution in [1.82, 2.24) is 0 Å². The third-order valence-corrected chi connectivity index (χ3v) is 4.03. The third-order valence-electron chi connectivity index (χ3n) is 3.70. The number of esters is 1. The molecule has 154 valence electrons. The van der Waals surface area contributed by atoms with Gasteiger partial charge >= 0.3 is 5.97 Å². The van der Waals surface area contributed by atoms with Crippen molar-refractivity contribution in [3.8, 4) is 0 Å². The maximum atomic E-state index is 14.2. The van der Waals surface area contributed by atoms with Gasteiger partial charge in [-0.1, -0.05) is 18.2 Å². The molecule has 2 aromatic rings. The summed E-state index contributed by atoms with van der Waals surface area (Å²) < 4.78 is 33.6. The molecular weight excluding hydrogens is 402 g/mol. The highest BCUT2D eigenvalue weighted by Gasteiger charge is 2.21. The minimum absolute atomic E-state index is 0.0320. The van der Waals surface area contributed by atoms with Crippen LogP contribution in [0, 0.1) is 11.6 Å². The lowest BCUT2D eigenvalue weighted by molar-refractivity contribution is -0.153. The highest BCUT2D eigenvalue weighted by atomic mass is 35.5. The number of hydrogen-bond acceptors (Lipinski definition) is 4. The summed E-state index contributed by atoms with van der Waals surface area (Å²) in [7, 11) is 0. The van der Waals surface area contributed by atoms with Crippen LogP contribution in [-0.4, -0.2) is 17.5 Å². The number of ether oxygens (including phenoxy) is 1. The van der Waals surface area contributed by atoms with E-state index >= 15 is 0 Å². The summed E-state index contributed by atoms with van der Waals surface area (Å²) in [5, 5.41) is 2.45. The van der Waals surface area contributed by atoms with Gasteiger partial charge in [0.1, 0.15) is 17.2 Å². The van der Waals surface area contributed by atoms with E-state index in [-0.39, 0.29) is 33.8 Å². The van der Waals surface area contributed by atoms with E-state index in [1.165, 1.54) is 18.2 Å². The molecule has 0 aliphatic carbocycles. The van der Waals surface area contributed by atoms with E-state index in [1.54, 1.807) is 20.8 Å². The van der Waals surface area contributed by atoms with Crippen LogP contribution in [0.25, 0.3) is 5.57 Å². The Morgan fingerprint density at radius 3 is 2.41 bits per heavy atom. The van der Waals surface area contributed by atoms with Gasteiger partial charge in [-0.3, -0.25) is 9.59 Å². The van der Waals surface area contributed by atoms with Crippen LogP contribution >= 0.6 is 11.6 Å². The van der Waals surface area contributed by atoms with E-state index in [0.717, 1.165) is 6.07 Å². The number of nitrogen functional groups attached to an aromatic ring is 1. The molecule has 8 heteroatoms. The summed E-state index contributed by atoms with van der Waals surface area (Å²) >= 11 is 5.98. The predicted molar refractivity (Wildman–Crippen MR) is 110 cm³/mol. The molecule has 0 aliphatic heterocycles. The quantitative estimate of drug-likeness (QED) is 0.512. The Balaban J connectivity index is 2.27. The molecule has 29 heavy (non-hydrogen) atoms. The number of halogens is 3. The van der Waals surface area contributed by atoms with Gasteiger partial charge in [0, 0.05) is 17.3 Å². The second kappa shape index (κ2) is 8.61. The Morgan fingerprint density at radius 1 is 1.14 bits per heavy atom. The molecule has 0 aliphatic rings. The van der Waals surface area contributed by atoms with Crippen LogP contribution in [0.1, 0.15) is 43.1 Å². The number of carbonyl (C=O) groups excluding carboxylic acids is 2. The highest BCUT2D eigenvalue weighted by molar-refractivity contribution is 6.34. The zero-order valence-electron chi connectivity index (χ0n) is 16.2. The molecular formula is C21H21ClF2N2O3. The molecule has 0 heterocycles. The van der Waals surface area contributed by atoms with Crippen molar-refractivity contribution in [2.24, 2.45) is 0 Å². The number of nitrogens with one attached hydrogen (secondary N) is 1. The maximum Gasteiger partial charge on any atom is 0.310 e. The lowest BCUT2D eigenvalue weighted by Gasteiger charge is -2.20. The first-order chi connectivity index (χ1) is 13.4. The normalized spacial score (nSPS) is 11.1. The van der Waals surface area contributed by atoms with Gasteiger partial charge in [-0.15, -0.1) is 0 Å². The number of nitrogens with two attached hydrogens (primary N) is 1. The summed E-state index contributed by atoms with van der Waals surface area (Å²) in [6.45, 7) is 8.76. The molecule has 0 unspecified atom stereocenters. The molecule has 0 spiro atoms. The van der Waals surface area contributed by atoms with Crippen LogP contribution in [0.3, 0.4) is 0 Å². The smallest absolute Gasteiger partial charge is 0.310 e. The summed E-state index contributed by atoms with van der Waals surface area (Å²) in [6.07, 6.45) is -0.297. The van der Waals surface area contributed by atoms with Crippen LogP contribution in [0.5, 0.6) is 0 Å². The molecule has 1 amide bonds. The van der Waals surface area contributed by atoms with Gasteiger partial charge in [0.05, 0.1) is 22.7 Å². The Bertz CT molecular complexity index is 985. The van der Waals surface area contributed by atoms with Crippen molar-refractivity contribution in [3.63, 3.8) is 0 Å². The van der Waals surface area contributed by atoms with E-state index in [0.29, 0.717) is 11.8 Å². The molecule has 3 N–H and O–H groups in total. The Hall–Kier alpha value is -2.93. The molecule has 0 radical (unpaired) electrons. The number of carbonyl (C=O) groups is 2. The van der Waals surface area contributed by atoms with Gasteiger partial charge in [-0.25, -0.2) is 8.78 Å². The van der Waals surface area contributed by atoms with Gasteiger partial charge in [-0.05, 0) is 50.6 Å². The van der Waals surface area contributed by atoms with Crippen LogP contribution in [-0.2, 0) is 9.53 Å². The summed E-state index contributed by atoms with van der Waals surface area (Å²) in [5.41, 5.74) is 4.92. The molecule has 0 saturated carbocycles. The van der Waals surface area contributed by atoms with Crippen LogP contribution in [0.4, 0.5) is 20.2 Å². The average Bonchev–Trinajstić information content (AvgIpc) is 2.57. The van der Waals surface area contributed by atoms with E-state index in [2.05, 4.69) is 11.9 Å². The van der Waals surface area contributed by atoms with E-state index in [1.807, 2.05) is 0 Å². The van der Waals surface area contributed by atoms with E-state index in [4.69, 9.17) is 22.1 Å². The van der Waals surface area contributed by atoms with Crippen molar-refractivity contribution < 1.29 is 23.1 Å². The molecule has 0 saturated heterocycles. The molecule has 0 bridgehead atoms. The minimum atomic E-state index is -0.996. The second-order valence-electron chi connectivity index (χ2n) is 7.37. The number of benzene rings is 2. The standard InChI is InChI=1S/C21H21ClF2N2O3/c1-11(7-19(27)29-21(2,3)4)13-9-18(17(24)10-16(13)23)26-20(28)14-8-12(25)5-6-15(14)22/h5-6,8-10H,1,7,25H2,2-4H3,(H,26,28). The SMILES string of the molecule is C=C(CC(=O)OC(C)(C)C)c1cc(NC(=O)c2cc(N)ccc2Cl)c(F)cc1F. The van der Waals surface area contributed by atoms with E-state index < -0.39 is 29.1 Å².